The van der Waals surface area contributed by atoms with Crippen LogP contribution in [-0.4, -0.2) is 41.0 Å². The van der Waals surface area contributed by atoms with Crippen molar-refractivity contribution in [3.8, 4) is 0 Å². The molecule has 2 fully saturated rings. The molecule has 0 aliphatic carbocycles. The summed E-state index contributed by atoms with van der Waals surface area (Å²) in [5, 5.41) is 0. The van der Waals surface area contributed by atoms with Crippen molar-refractivity contribution in [2.24, 2.45) is 18.9 Å². The van der Waals surface area contributed by atoms with E-state index in [1.54, 1.807) is 4.90 Å². The third-order valence-corrected chi connectivity index (χ3v) is 4.08. The first-order valence-corrected chi connectivity index (χ1v) is 6.15. The van der Waals surface area contributed by atoms with E-state index in [9.17, 15) is 9.59 Å². The lowest BCUT2D eigenvalue weighted by Gasteiger charge is -2.17. The number of carbonyl (C=O) groups excluding carboxylic acids is 2. The number of nitrogens with zero attached hydrogens (tertiary/aromatic N) is 2. The minimum atomic E-state index is -0.153. The maximum Gasteiger partial charge on any atom is 0.311 e. The molecule has 2 atom stereocenters. The van der Waals surface area contributed by atoms with E-state index in [-0.39, 0.29) is 36.1 Å². The number of esters is 1. The molecule has 2 saturated heterocycles. The second-order valence-electron chi connectivity index (χ2n) is 5.13. The first-order valence-electron chi connectivity index (χ1n) is 6.15. The number of halogens is 1. The molecule has 1 aromatic heterocycles. The van der Waals surface area contributed by atoms with Crippen LogP contribution < -0.4 is 0 Å². The van der Waals surface area contributed by atoms with Crippen molar-refractivity contribution in [1.29, 1.82) is 0 Å². The number of rotatable bonds is 1. The van der Waals surface area contributed by atoms with Crippen LogP contribution in [0.4, 0.5) is 0 Å². The lowest BCUT2D eigenvalue weighted by molar-refractivity contribution is -0.141. The van der Waals surface area contributed by atoms with E-state index in [0.29, 0.717) is 19.7 Å². The van der Waals surface area contributed by atoms with Gasteiger partial charge in [0.05, 0.1) is 18.1 Å². The number of hydrogen-bond donors (Lipinski definition) is 0. The largest absolute Gasteiger partial charge is 0.465 e. The fourth-order valence-electron chi connectivity index (χ4n) is 2.77. The molecule has 0 unspecified atom stereocenters. The van der Waals surface area contributed by atoms with Gasteiger partial charge in [-0.15, -0.1) is 12.4 Å². The van der Waals surface area contributed by atoms with E-state index in [4.69, 9.17) is 4.74 Å². The molecule has 2 aliphatic heterocycles. The van der Waals surface area contributed by atoms with Crippen molar-refractivity contribution in [2.45, 2.75) is 6.92 Å². The Hall–Kier alpha value is -1.49. The molecule has 0 spiro atoms. The molecule has 6 heteroatoms. The van der Waals surface area contributed by atoms with E-state index in [1.165, 1.54) is 0 Å². The summed E-state index contributed by atoms with van der Waals surface area (Å²) in [6.45, 7) is 3.51. The Kier molecular flexibility index (Phi) is 3.58. The number of carbonyl (C=O) groups is 2. The van der Waals surface area contributed by atoms with Crippen molar-refractivity contribution < 1.29 is 14.3 Å². The molecule has 3 heterocycles. The van der Waals surface area contributed by atoms with Crippen LogP contribution in [0.5, 0.6) is 0 Å². The molecule has 0 radical (unpaired) electrons. The fourth-order valence-corrected chi connectivity index (χ4v) is 2.77. The average molecular weight is 285 g/mol. The van der Waals surface area contributed by atoms with Crippen LogP contribution in [0.25, 0.3) is 0 Å². The highest BCUT2D eigenvalue weighted by atomic mass is 35.5. The minimum absolute atomic E-state index is 0. The first kappa shape index (κ1) is 13.9. The van der Waals surface area contributed by atoms with Gasteiger partial charge in [-0.2, -0.15) is 0 Å². The molecule has 3 rings (SSSR count). The van der Waals surface area contributed by atoms with E-state index >= 15 is 0 Å². The van der Waals surface area contributed by atoms with Crippen molar-refractivity contribution in [3.63, 3.8) is 0 Å². The summed E-state index contributed by atoms with van der Waals surface area (Å²) < 4.78 is 6.93. The Morgan fingerprint density at radius 1 is 1.42 bits per heavy atom. The zero-order valence-corrected chi connectivity index (χ0v) is 11.8. The molecule has 0 N–H and O–H groups in total. The minimum Gasteiger partial charge on any atom is -0.465 e. The van der Waals surface area contributed by atoms with Gasteiger partial charge >= 0.3 is 5.97 Å². The molecule has 19 heavy (non-hydrogen) atoms. The molecule has 0 aromatic carbocycles. The van der Waals surface area contributed by atoms with E-state index in [1.807, 2.05) is 30.8 Å². The fraction of sp³-hybridized carbons (Fsp3) is 0.538. The number of aromatic nitrogens is 1. The molecule has 2 aliphatic rings. The number of cyclic esters (lactones) is 1. The average Bonchev–Trinajstić information content (AvgIpc) is 2.99. The van der Waals surface area contributed by atoms with Gasteiger partial charge in [0.15, 0.2) is 0 Å². The number of amides is 1. The van der Waals surface area contributed by atoms with Gasteiger partial charge < -0.3 is 14.2 Å². The summed E-state index contributed by atoms with van der Waals surface area (Å²) in [6, 6.07) is 1.84. The lowest BCUT2D eigenvalue weighted by atomic mass is 10.0. The second-order valence-corrected chi connectivity index (χ2v) is 5.13. The number of aryl methyl sites for hydroxylation is 1. The highest BCUT2D eigenvalue weighted by molar-refractivity contribution is 5.96. The van der Waals surface area contributed by atoms with Crippen LogP contribution in [0.1, 0.15) is 16.1 Å². The van der Waals surface area contributed by atoms with E-state index < -0.39 is 0 Å². The molecule has 104 valence electrons. The highest BCUT2D eigenvalue weighted by Crippen LogP contribution is 2.31. The quantitative estimate of drug-likeness (QED) is 0.723. The summed E-state index contributed by atoms with van der Waals surface area (Å²) in [5.41, 5.74) is 1.69. The van der Waals surface area contributed by atoms with Crippen LogP contribution in [-0.2, 0) is 16.6 Å². The number of ether oxygens (including phenoxy) is 1. The smallest absolute Gasteiger partial charge is 0.311 e. The van der Waals surface area contributed by atoms with Gasteiger partial charge in [0.25, 0.3) is 5.91 Å². The van der Waals surface area contributed by atoms with Crippen molar-refractivity contribution in [3.05, 3.63) is 23.5 Å². The van der Waals surface area contributed by atoms with Crippen molar-refractivity contribution in [2.75, 3.05) is 19.7 Å². The van der Waals surface area contributed by atoms with Gasteiger partial charge in [-0.05, 0) is 13.0 Å². The van der Waals surface area contributed by atoms with Crippen LogP contribution in [0, 0.1) is 18.8 Å². The molecular weight excluding hydrogens is 268 g/mol. The van der Waals surface area contributed by atoms with Crippen LogP contribution >= 0.6 is 12.4 Å². The normalized spacial score (nSPS) is 24.9. The summed E-state index contributed by atoms with van der Waals surface area (Å²) in [5.74, 6) is -0.0566. The molecule has 0 bridgehead atoms. The molecule has 1 aromatic rings. The van der Waals surface area contributed by atoms with Crippen molar-refractivity contribution in [1.82, 2.24) is 9.47 Å². The highest BCUT2D eigenvalue weighted by Gasteiger charge is 2.45. The van der Waals surface area contributed by atoms with Gasteiger partial charge in [-0.1, -0.05) is 0 Å². The third kappa shape index (κ3) is 2.12. The van der Waals surface area contributed by atoms with Gasteiger partial charge in [0.1, 0.15) is 0 Å². The Balaban J connectivity index is 0.00000133. The Bertz CT molecular complexity index is 526. The SMILES string of the molecule is Cc1c(C(=O)N2C[C@@H]3COC(=O)[C@@H]3C2)ccn1C.Cl. The second kappa shape index (κ2) is 4.89. The Morgan fingerprint density at radius 3 is 2.74 bits per heavy atom. The van der Waals surface area contributed by atoms with Gasteiger partial charge in [-0.25, -0.2) is 0 Å². The summed E-state index contributed by atoms with van der Waals surface area (Å²) in [4.78, 5) is 25.6. The molecule has 1 amide bonds. The molecule has 0 saturated carbocycles. The monoisotopic (exact) mass is 284 g/mol. The third-order valence-electron chi connectivity index (χ3n) is 4.08. The predicted octanol–water partition coefficient (Wildman–Crippen LogP) is 1.00. The van der Waals surface area contributed by atoms with E-state index in [0.717, 1.165) is 11.3 Å². The standard InChI is InChI=1S/C13H16N2O3.ClH/c1-8-10(3-4-14(8)2)12(16)15-5-9-7-18-13(17)11(9)6-15;/h3-4,9,11H,5-7H2,1-2H3;1H/t9-,11-;/m1./s1. The van der Waals surface area contributed by atoms with Gasteiger partial charge in [0, 0.05) is 37.9 Å². The summed E-state index contributed by atoms with van der Waals surface area (Å²) in [7, 11) is 1.92. The molecule has 5 nitrogen and oxygen atoms in total. The summed E-state index contributed by atoms with van der Waals surface area (Å²) in [6.07, 6.45) is 1.88. The number of likely N-dealkylation sites (tertiary alicyclic amines) is 1. The van der Waals surface area contributed by atoms with Crippen LogP contribution in [0.15, 0.2) is 12.3 Å². The van der Waals surface area contributed by atoms with Gasteiger partial charge in [-0.3, -0.25) is 9.59 Å². The Morgan fingerprint density at radius 2 is 2.16 bits per heavy atom. The van der Waals surface area contributed by atoms with Gasteiger partial charge in [0.2, 0.25) is 0 Å². The topological polar surface area (TPSA) is 51.5 Å². The zero-order valence-electron chi connectivity index (χ0n) is 11.0. The number of hydrogen-bond acceptors (Lipinski definition) is 3. The first-order chi connectivity index (χ1) is 8.58. The van der Waals surface area contributed by atoms with Crippen molar-refractivity contribution >= 4 is 24.3 Å². The van der Waals surface area contributed by atoms with Crippen LogP contribution in [0.2, 0.25) is 0 Å². The predicted molar refractivity (Wildman–Crippen MR) is 71.2 cm³/mol. The maximum atomic E-state index is 12.4. The Labute approximate surface area is 117 Å². The maximum absolute atomic E-state index is 12.4. The lowest BCUT2D eigenvalue weighted by Crippen LogP contribution is -2.31. The zero-order chi connectivity index (χ0) is 12.9. The summed E-state index contributed by atoms with van der Waals surface area (Å²) >= 11 is 0. The van der Waals surface area contributed by atoms with E-state index in [2.05, 4.69) is 0 Å². The molecular formula is C13H17ClN2O3. The number of fused-ring (bicyclic) bond motifs is 1. The van der Waals surface area contributed by atoms with Crippen LogP contribution in [0.3, 0.4) is 0 Å².